The van der Waals surface area contributed by atoms with Crippen molar-refractivity contribution in [3.63, 3.8) is 0 Å². The van der Waals surface area contributed by atoms with E-state index in [4.69, 9.17) is 0 Å². The van der Waals surface area contributed by atoms with Crippen molar-refractivity contribution >= 4 is 11.8 Å². The van der Waals surface area contributed by atoms with Crippen LogP contribution in [0.5, 0.6) is 0 Å². The van der Waals surface area contributed by atoms with Crippen molar-refractivity contribution in [3.05, 3.63) is 0 Å². The van der Waals surface area contributed by atoms with E-state index in [1.54, 1.807) is 7.05 Å². The third kappa shape index (κ3) is 3.02. The highest BCUT2D eigenvalue weighted by atomic mass is 16.2. The Morgan fingerprint density at radius 3 is 2.41 bits per heavy atom. The summed E-state index contributed by atoms with van der Waals surface area (Å²) in [4.78, 5) is 27.0. The number of hydrogen-bond donors (Lipinski definition) is 1. The Labute approximate surface area is 134 Å². The monoisotopic (exact) mass is 306 g/mol. The summed E-state index contributed by atoms with van der Waals surface area (Å²) < 4.78 is 0. The number of nitrogens with zero attached hydrogens (tertiary/aromatic N) is 1. The molecule has 3 fully saturated rings. The smallest absolute Gasteiger partial charge is 0.225 e. The fourth-order valence-corrected chi connectivity index (χ4v) is 5.05. The Morgan fingerprint density at radius 1 is 1.09 bits per heavy atom. The lowest BCUT2D eigenvalue weighted by atomic mass is 9.76. The zero-order valence-electron chi connectivity index (χ0n) is 13.9. The van der Waals surface area contributed by atoms with E-state index in [-0.39, 0.29) is 17.2 Å². The lowest BCUT2D eigenvalue weighted by Gasteiger charge is -2.28. The van der Waals surface area contributed by atoms with Gasteiger partial charge in [-0.05, 0) is 31.6 Å². The maximum Gasteiger partial charge on any atom is 0.225 e. The molecule has 0 aromatic carbocycles. The molecule has 1 aliphatic heterocycles. The molecule has 0 bridgehead atoms. The van der Waals surface area contributed by atoms with Crippen LogP contribution in [0.2, 0.25) is 0 Å². The first-order valence-corrected chi connectivity index (χ1v) is 9.14. The molecule has 124 valence electrons. The molecule has 3 rings (SSSR count). The molecule has 0 radical (unpaired) electrons. The van der Waals surface area contributed by atoms with Crippen LogP contribution >= 0.6 is 0 Å². The van der Waals surface area contributed by atoms with Crippen LogP contribution in [0.4, 0.5) is 0 Å². The van der Waals surface area contributed by atoms with Gasteiger partial charge in [0.1, 0.15) is 0 Å². The van der Waals surface area contributed by atoms with E-state index in [9.17, 15) is 9.59 Å². The molecular formula is C18H30N2O2. The third-order valence-electron chi connectivity index (χ3n) is 6.35. The lowest BCUT2D eigenvalue weighted by Crippen LogP contribution is -2.38. The Balaban J connectivity index is 1.64. The number of carbonyl (C=O) groups is 2. The first-order chi connectivity index (χ1) is 10.6. The maximum atomic E-state index is 12.7. The summed E-state index contributed by atoms with van der Waals surface area (Å²) in [5.41, 5.74) is 0.0717. The number of carbonyl (C=O) groups excluding carboxylic acids is 2. The van der Waals surface area contributed by atoms with Gasteiger partial charge >= 0.3 is 0 Å². The average molecular weight is 306 g/mol. The van der Waals surface area contributed by atoms with Crippen LogP contribution in [-0.4, -0.2) is 36.9 Å². The second kappa shape index (κ2) is 6.59. The molecule has 3 aliphatic rings. The molecule has 2 amide bonds. The molecule has 0 aromatic heterocycles. The first-order valence-electron chi connectivity index (χ1n) is 9.14. The molecular weight excluding hydrogens is 276 g/mol. The van der Waals surface area contributed by atoms with Crippen LogP contribution in [0.1, 0.15) is 64.2 Å². The standard InChI is InChI=1S/C18H30N2O2/c1-19-17(22)15-12-20(13-18(15)9-5-6-10-18)16(21)11-14-7-3-2-4-8-14/h14-15H,2-13H2,1H3,(H,19,22). The van der Waals surface area contributed by atoms with Crippen molar-refractivity contribution in [1.82, 2.24) is 10.2 Å². The maximum absolute atomic E-state index is 12.7. The first kappa shape index (κ1) is 15.8. The molecule has 4 nitrogen and oxygen atoms in total. The zero-order chi connectivity index (χ0) is 15.6. The van der Waals surface area contributed by atoms with Gasteiger partial charge in [-0.1, -0.05) is 32.1 Å². The van der Waals surface area contributed by atoms with Gasteiger partial charge in [-0.25, -0.2) is 0 Å². The van der Waals surface area contributed by atoms with Crippen molar-refractivity contribution < 1.29 is 9.59 Å². The van der Waals surface area contributed by atoms with Crippen molar-refractivity contribution in [1.29, 1.82) is 0 Å². The molecule has 1 saturated heterocycles. The average Bonchev–Trinajstić information content (AvgIpc) is 3.16. The fraction of sp³-hybridized carbons (Fsp3) is 0.889. The molecule has 1 heterocycles. The van der Waals surface area contributed by atoms with E-state index in [0.717, 1.165) is 19.4 Å². The second-order valence-corrected chi connectivity index (χ2v) is 7.72. The minimum atomic E-state index is 0.00954. The fourth-order valence-electron chi connectivity index (χ4n) is 5.05. The Morgan fingerprint density at radius 2 is 1.77 bits per heavy atom. The molecule has 1 unspecified atom stereocenters. The van der Waals surface area contributed by atoms with E-state index >= 15 is 0 Å². The molecule has 2 aliphatic carbocycles. The minimum Gasteiger partial charge on any atom is -0.359 e. The van der Waals surface area contributed by atoms with Crippen LogP contribution in [0.15, 0.2) is 0 Å². The van der Waals surface area contributed by atoms with Gasteiger partial charge in [0.2, 0.25) is 11.8 Å². The normalized spacial score (nSPS) is 28.2. The van der Waals surface area contributed by atoms with Crippen LogP contribution in [0, 0.1) is 17.3 Å². The number of amides is 2. The summed E-state index contributed by atoms with van der Waals surface area (Å²) in [6.07, 6.45) is 11.7. The van der Waals surface area contributed by atoms with Crippen LogP contribution in [0.3, 0.4) is 0 Å². The van der Waals surface area contributed by atoms with Gasteiger partial charge in [-0.3, -0.25) is 9.59 Å². The minimum absolute atomic E-state index is 0.00954. The van der Waals surface area contributed by atoms with Gasteiger partial charge in [-0.2, -0.15) is 0 Å². The van der Waals surface area contributed by atoms with Gasteiger partial charge in [0.05, 0.1) is 5.92 Å². The van der Waals surface area contributed by atoms with Crippen molar-refractivity contribution in [2.75, 3.05) is 20.1 Å². The third-order valence-corrected chi connectivity index (χ3v) is 6.35. The largest absolute Gasteiger partial charge is 0.359 e. The Bertz CT molecular complexity index is 423. The number of hydrogen-bond acceptors (Lipinski definition) is 2. The van der Waals surface area contributed by atoms with Crippen LogP contribution in [-0.2, 0) is 9.59 Å². The van der Waals surface area contributed by atoms with Crippen LogP contribution in [0.25, 0.3) is 0 Å². The zero-order valence-corrected chi connectivity index (χ0v) is 13.9. The topological polar surface area (TPSA) is 49.4 Å². The summed E-state index contributed by atoms with van der Waals surface area (Å²) in [5.74, 6) is 1.02. The van der Waals surface area contributed by atoms with Crippen molar-refractivity contribution in [3.8, 4) is 0 Å². The highest BCUT2D eigenvalue weighted by molar-refractivity contribution is 5.83. The van der Waals surface area contributed by atoms with E-state index < -0.39 is 0 Å². The highest BCUT2D eigenvalue weighted by Gasteiger charge is 2.52. The van der Waals surface area contributed by atoms with Crippen LogP contribution < -0.4 is 5.32 Å². The van der Waals surface area contributed by atoms with Gasteiger partial charge in [0.15, 0.2) is 0 Å². The molecule has 2 saturated carbocycles. The summed E-state index contributed by atoms with van der Waals surface area (Å²) >= 11 is 0. The number of nitrogens with one attached hydrogen (secondary N) is 1. The molecule has 1 atom stereocenters. The summed E-state index contributed by atoms with van der Waals surface area (Å²) in [6.45, 7) is 1.46. The van der Waals surface area contributed by atoms with E-state index in [2.05, 4.69) is 5.32 Å². The predicted molar refractivity (Wildman–Crippen MR) is 86.2 cm³/mol. The number of likely N-dealkylation sites (tertiary alicyclic amines) is 1. The van der Waals surface area contributed by atoms with Gasteiger partial charge < -0.3 is 10.2 Å². The summed E-state index contributed by atoms with van der Waals surface area (Å²) in [7, 11) is 1.72. The summed E-state index contributed by atoms with van der Waals surface area (Å²) in [6, 6.07) is 0. The molecule has 22 heavy (non-hydrogen) atoms. The van der Waals surface area contributed by atoms with E-state index in [1.165, 1.54) is 44.9 Å². The molecule has 4 heteroatoms. The number of rotatable bonds is 3. The molecule has 1 spiro atoms. The van der Waals surface area contributed by atoms with E-state index in [0.29, 0.717) is 24.8 Å². The Hall–Kier alpha value is -1.06. The molecule has 0 aromatic rings. The highest BCUT2D eigenvalue weighted by Crippen LogP contribution is 2.49. The Kier molecular flexibility index (Phi) is 4.74. The lowest BCUT2D eigenvalue weighted by molar-refractivity contribution is -0.132. The second-order valence-electron chi connectivity index (χ2n) is 7.72. The predicted octanol–water partition coefficient (Wildman–Crippen LogP) is 2.72. The van der Waals surface area contributed by atoms with E-state index in [1.807, 2.05) is 4.90 Å². The molecule has 1 N–H and O–H groups in total. The van der Waals surface area contributed by atoms with Gasteiger partial charge in [-0.15, -0.1) is 0 Å². The SMILES string of the molecule is CNC(=O)C1CN(C(=O)CC2CCCCC2)CC12CCCC2. The van der Waals surface area contributed by atoms with Gasteiger partial charge in [0, 0.05) is 32.0 Å². The quantitative estimate of drug-likeness (QED) is 0.871. The van der Waals surface area contributed by atoms with Crippen molar-refractivity contribution in [2.24, 2.45) is 17.3 Å². The van der Waals surface area contributed by atoms with Gasteiger partial charge in [0.25, 0.3) is 0 Å². The summed E-state index contributed by atoms with van der Waals surface area (Å²) in [5, 5.41) is 2.82. The van der Waals surface area contributed by atoms with Crippen molar-refractivity contribution in [2.45, 2.75) is 64.2 Å².